The van der Waals surface area contributed by atoms with Crippen LogP contribution < -0.4 is 5.09 Å². The number of carbonyl (C=O) groups excluding carboxylic acids is 1. The van der Waals surface area contributed by atoms with E-state index in [1.54, 1.807) is 0 Å². The maximum absolute atomic E-state index is 11.1. The van der Waals surface area contributed by atoms with Gasteiger partial charge in [-0.25, -0.2) is 5.06 Å². The summed E-state index contributed by atoms with van der Waals surface area (Å²) < 4.78 is 0. The van der Waals surface area contributed by atoms with Gasteiger partial charge in [0.05, 0.1) is 13.7 Å². The molecule has 0 fully saturated rings. The van der Waals surface area contributed by atoms with Crippen molar-refractivity contribution in [1.82, 2.24) is 10.2 Å². The van der Waals surface area contributed by atoms with Gasteiger partial charge in [-0.05, 0) is 0 Å². The van der Waals surface area contributed by atoms with Crippen LogP contribution in [0.5, 0.6) is 0 Å². The number of likely N-dealkylation sites (N-methyl/N-ethyl adjacent to an activating group) is 1. The van der Waals surface area contributed by atoms with Gasteiger partial charge in [0.2, 0.25) is 0 Å². The number of aliphatic hydroxyl groups is 1. The van der Waals surface area contributed by atoms with E-state index in [9.17, 15) is 4.79 Å². The number of carbonyl (C=O) groups is 1. The second kappa shape index (κ2) is 5.43. The van der Waals surface area contributed by atoms with Crippen LogP contribution in [0.15, 0.2) is 0 Å². The quantitative estimate of drug-likeness (QED) is 0.419. The molecule has 1 amide bonds. The van der Waals surface area contributed by atoms with Crippen LogP contribution in [0.3, 0.4) is 0 Å². The van der Waals surface area contributed by atoms with Gasteiger partial charge in [0, 0.05) is 7.05 Å². The summed E-state index contributed by atoms with van der Waals surface area (Å²) in [5.74, 6) is -0.315. The molecule has 2 unspecified atom stereocenters. The number of rotatable bonds is 4. The predicted molar refractivity (Wildman–Crippen MR) is 43.5 cm³/mol. The van der Waals surface area contributed by atoms with Crippen molar-refractivity contribution in [3.8, 4) is 0 Å². The molecule has 0 spiro atoms. The number of hydrogen-bond donors (Lipinski definition) is 2. The third kappa shape index (κ3) is 3.12. The molecule has 0 saturated heterocycles. The Morgan fingerprint density at radius 3 is 2.73 bits per heavy atom. The molecule has 0 radical (unpaired) electrons. The maximum atomic E-state index is 11.1. The van der Waals surface area contributed by atoms with Gasteiger partial charge in [-0.2, -0.15) is 0 Å². The summed E-state index contributed by atoms with van der Waals surface area (Å²) in [6.45, 7) is -0.254. The van der Waals surface area contributed by atoms with Gasteiger partial charge < -0.3 is 5.11 Å². The van der Waals surface area contributed by atoms with E-state index in [1.807, 2.05) is 0 Å². The Balaban J connectivity index is 3.97. The van der Waals surface area contributed by atoms with Crippen LogP contribution in [-0.4, -0.2) is 42.9 Å². The summed E-state index contributed by atoms with van der Waals surface area (Å²) in [5.41, 5.74) is 0. The molecule has 0 aromatic heterocycles. The lowest BCUT2D eigenvalue weighted by Crippen LogP contribution is -2.43. The average Bonchev–Trinajstić information content (AvgIpc) is 2.05. The van der Waals surface area contributed by atoms with Crippen LogP contribution in [0, 0.1) is 0 Å². The first-order valence-electron chi connectivity index (χ1n) is 3.06. The van der Waals surface area contributed by atoms with Crippen molar-refractivity contribution < 1.29 is 14.7 Å². The minimum atomic E-state index is -0.620. The SMILES string of the molecule is CON(C)C(=O)C(CO)NP. The average molecular weight is 180 g/mol. The van der Waals surface area contributed by atoms with Gasteiger partial charge in [-0.15, -0.1) is 0 Å². The molecule has 0 heterocycles. The Hall–Kier alpha value is -0.220. The van der Waals surface area contributed by atoms with Crippen LogP contribution in [-0.2, 0) is 9.63 Å². The van der Waals surface area contributed by atoms with E-state index < -0.39 is 6.04 Å². The molecular formula is C5H13N2O3P. The number of aliphatic hydroxyl groups excluding tert-OH is 1. The molecule has 0 aliphatic carbocycles. The van der Waals surface area contributed by atoms with E-state index >= 15 is 0 Å². The Morgan fingerprint density at radius 2 is 2.45 bits per heavy atom. The Bertz CT molecular complexity index is 129. The molecule has 66 valence electrons. The van der Waals surface area contributed by atoms with Gasteiger partial charge in [0.1, 0.15) is 6.04 Å². The molecule has 0 bridgehead atoms. The topological polar surface area (TPSA) is 61.8 Å². The Kier molecular flexibility index (Phi) is 5.32. The lowest BCUT2D eigenvalue weighted by atomic mass is 10.3. The van der Waals surface area contributed by atoms with Crippen molar-refractivity contribution in [2.75, 3.05) is 20.8 Å². The highest BCUT2D eigenvalue weighted by molar-refractivity contribution is 7.13. The first kappa shape index (κ1) is 10.8. The molecule has 0 aliphatic heterocycles. The van der Waals surface area contributed by atoms with Gasteiger partial charge in [0.25, 0.3) is 5.91 Å². The lowest BCUT2D eigenvalue weighted by molar-refractivity contribution is -0.171. The molecule has 5 nitrogen and oxygen atoms in total. The zero-order valence-electron chi connectivity index (χ0n) is 6.57. The van der Waals surface area contributed by atoms with Gasteiger partial charge in [-0.3, -0.25) is 14.7 Å². The second-order valence-electron chi connectivity index (χ2n) is 1.92. The third-order valence-electron chi connectivity index (χ3n) is 1.27. The van der Waals surface area contributed by atoms with Crippen molar-refractivity contribution in [2.45, 2.75) is 6.04 Å². The molecule has 11 heavy (non-hydrogen) atoms. The predicted octanol–water partition coefficient (Wildman–Crippen LogP) is -1.25. The molecule has 0 saturated carbocycles. The van der Waals surface area contributed by atoms with E-state index in [1.165, 1.54) is 14.2 Å². The fraction of sp³-hybridized carbons (Fsp3) is 0.800. The summed E-state index contributed by atoms with van der Waals surface area (Å²) in [6.07, 6.45) is 0. The first-order valence-corrected chi connectivity index (χ1v) is 3.63. The highest BCUT2D eigenvalue weighted by atomic mass is 31.0. The summed E-state index contributed by atoms with van der Waals surface area (Å²) >= 11 is 0. The molecule has 0 aromatic rings. The zero-order valence-corrected chi connectivity index (χ0v) is 7.73. The van der Waals surface area contributed by atoms with Crippen LogP contribution in [0.2, 0.25) is 0 Å². The van der Waals surface area contributed by atoms with Crippen molar-refractivity contribution in [1.29, 1.82) is 0 Å². The zero-order chi connectivity index (χ0) is 8.85. The molecule has 2 N–H and O–H groups in total. The van der Waals surface area contributed by atoms with Crippen LogP contribution in [0.1, 0.15) is 0 Å². The minimum absolute atomic E-state index is 0.254. The molecular weight excluding hydrogens is 167 g/mol. The van der Waals surface area contributed by atoms with Crippen molar-refractivity contribution >= 4 is 15.3 Å². The summed E-state index contributed by atoms with van der Waals surface area (Å²) in [6, 6.07) is -0.620. The lowest BCUT2D eigenvalue weighted by Gasteiger charge is -2.19. The van der Waals surface area contributed by atoms with Gasteiger partial charge in [0.15, 0.2) is 0 Å². The van der Waals surface area contributed by atoms with E-state index in [2.05, 4.69) is 19.3 Å². The fourth-order valence-corrected chi connectivity index (χ4v) is 0.760. The normalized spacial score (nSPS) is 12.7. The van der Waals surface area contributed by atoms with E-state index in [-0.39, 0.29) is 12.5 Å². The third-order valence-corrected chi connectivity index (χ3v) is 1.67. The standard InChI is InChI=1S/C5H13N2O3P/c1-7(10-2)5(9)4(3-8)6-11/h4,6,8H,3,11H2,1-2H3. The van der Waals surface area contributed by atoms with E-state index in [0.717, 1.165) is 5.06 Å². The summed E-state index contributed by atoms with van der Waals surface area (Å²) in [7, 11) is 5.02. The number of nitrogens with zero attached hydrogens (tertiary/aromatic N) is 1. The highest BCUT2D eigenvalue weighted by Crippen LogP contribution is 1.93. The number of hydroxylamine groups is 2. The van der Waals surface area contributed by atoms with Crippen LogP contribution >= 0.6 is 9.39 Å². The number of nitrogens with one attached hydrogen (secondary N) is 1. The van der Waals surface area contributed by atoms with Crippen molar-refractivity contribution in [2.24, 2.45) is 0 Å². The molecule has 0 aliphatic rings. The highest BCUT2D eigenvalue weighted by Gasteiger charge is 2.18. The Morgan fingerprint density at radius 1 is 1.91 bits per heavy atom. The smallest absolute Gasteiger partial charge is 0.265 e. The summed E-state index contributed by atoms with van der Waals surface area (Å²) in [4.78, 5) is 15.7. The number of hydrogen-bond acceptors (Lipinski definition) is 4. The molecule has 0 aromatic carbocycles. The monoisotopic (exact) mass is 180 g/mol. The molecule has 6 heteroatoms. The van der Waals surface area contributed by atoms with Crippen molar-refractivity contribution in [3.05, 3.63) is 0 Å². The van der Waals surface area contributed by atoms with Gasteiger partial charge >= 0.3 is 0 Å². The summed E-state index contributed by atoms with van der Waals surface area (Å²) in [5, 5.41) is 12.3. The molecule has 2 atom stereocenters. The van der Waals surface area contributed by atoms with Crippen molar-refractivity contribution in [3.63, 3.8) is 0 Å². The second-order valence-corrected chi connectivity index (χ2v) is 2.25. The van der Waals surface area contributed by atoms with E-state index in [0.29, 0.717) is 0 Å². The van der Waals surface area contributed by atoms with E-state index in [4.69, 9.17) is 5.11 Å². The maximum Gasteiger partial charge on any atom is 0.265 e. The fourth-order valence-electron chi connectivity index (χ4n) is 0.512. The Labute approximate surface area is 67.9 Å². The minimum Gasteiger partial charge on any atom is -0.394 e. The molecule has 0 rings (SSSR count). The van der Waals surface area contributed by atoms with Crippen LogP contribution in [0.25, 0.3) is 0 Å². The van der Waals surface area contributed by atoms with Crippen LogP contribution in [0.4, 0.5) is 0 Å². The first-order chi connectivity index (χ1) is 5.17. The largest absolute Gasteiger partial charge is 0.394 e. The number of amides is 1. The van der Waals surface area contributed by atoms with Gasteiger partial charge in [-0.1, -0.05) is 9.39 Å².